The number of carbonyl (C=O) groups excluding carboxylic acids is 1. The minimum atomic E-state index is -3.51. The van der Waals surface area contributed by atoms with Gasteiger partial charge < -0.3 is 10.6 Å². The third-order valence-electron chi connectivity index (χ3n) is 5.22. The monoisotopic (exact) mass is 379 g/mol. The molecule has 26 heavy (non-hydrogen) atoms. The van der Waals surface area contributed by atoms with Crippen molar-refractivity contribution < 1.29 is 13.2 Å². The molecule has 2 N–H and O–H groups in total. The maximum Gasteiger partial charge on any atom is 0.251 e. The lowest BCUT2D eigenvalue weighted by Crippen LogP contribution is -2.45. The van der Waals surface area contributed by atoms with Gasteiger partial charge in [0.1, 0.15) is 0 Å². The number of benzene rings is 1. The minimum absolute atomic E-state index is 0.135. The van der Waals surface area contributed by atoms with E-state index in [1.54, 1.807) is 28.6 Å². The summed E-state index contributed by atoms with van der Waals surface area (Å²) in [4.78, 5) is 12.6. The average Bonchev–Trinajstić information content (AvgIpc) is 2.62. The summed E-state index contributed by atoms with van der Waals surface area (Å²) >= 11 is 0. The van der Waals surface area contributed by atoms with Crippen LogP contribution in [-0.4, -0.2) is 50.9 Å². The van der Waals surface area contributed by atoms with Crippen LogP contribution in [0.1, 0.15) is 43.5 Å². The highest BCUT2D eigenvalue weighted by Gasteiger charge is 2.31. The van der Waals surface area contributed by atoms with Crippen LogP contribution in [0.5, 0.6) is 0 Å². The van der Waals surface area contributed by atoms with Crippen molar-refractivity contribution in [2.45, 2.75) is 44.0 Å². The van der Waals surface area contributed by atoms with E-state index in [4.69, 9.17) is 0 Å². The fraction of sp³-hybridized carbons (Fsp3) is 0.632. The summed E-state index contributed by atoms with van der Waals surface area (Å²) in [6.07, 6.45) is 3.08. The summed E-state index contributed by atoms with van der Waals surface area (Å²) in [5.74, 6) is 0.577. The van der Waals surface area contributed by atoms with Crippen LogP contribution in [-0.2, 0) is 10.0 Å². The van der Waals surface area contributed by atoms with E-state index < -0.39 is 10.0 Å². The Morgan fingerprint density at radius 2 is 1.81 bits per heavy atom. The van der Waals surface area contributed by atoms with Gasteiger partial charge in [-0.05, 0) is 61.9 Å². The van der Waals surface area contributed by atoms with Crippen LogP contribution in [0.15, 0.2) is 29.2 Å². The molecule has 144 valence electrons. The maximum absolute atomic E-state index is 12.9. The Kier molecular flexibility index (Phi) is 5.99. The molecule has 2 aliphatic rings. The van der Waals surface area contributed by atoms with Crippen molar-refractivity contribution in [1.82, 2.24) is 14.9 Å². The van der Waals surface area contributed by atoms with Gasteiger partial charge in [-0.3, -0.25) is 4.79 Å². The second-order valence-electron chi connectivity index (χ2n) is 7.81. The third-order valence-corrected chi connectivity index (χ3v) is 7.07. The first-order valence-corrected chi connectivity index (χ1v) is 10.9. The number of nitrogens with zero attached hydrogens (tertiary/aromatic N) is 1. The molecule has 1 amide bonds. The van der Waals surface area contributed by atoms with Crippen LogP contribution in [0.25, 0.3) is 0 Å². The molecular formula is C19H29N3O3S. The summed E-state index contributed by atoms with van der Waals surface area (Å²) in [6, 6.07) is 6.45. The Hall–Kier alpha value is -1.44. The van der Waals surface area contributed by atoms with Crippen LogP contribution >= 0.6 is 0 Å². The molecule has 0 saturated carbocycles. The van der Waals surface area contributed by atoms with Crippen molar-refractivity contribution >= 4 is 15.9 Å². The van der Waals surface area contributed by atoms with Gasteiger partial charge in [0.05, 0.1) is 4.90 Å². The topological polar surface area (TPSA) is 78.5 Å². The van der Waals surface area contributed by atoms with Crippen molar-refractivity contribution in [2.75, 3.05) is 26.2 Å². The molecule has 1 aromatic carbocycles. The van der Waals surface area contributed by atoms with Crippen molar-refractivity contribution in [1.29, 1.82) is 0 Å². The first kappa shape index (κ1) is 19.3. The van der Waals surface area contributed by atoms with Gasteiger partial charge in [-0.1, -0.05) is 13.8 Å². The summed E-state index contributed by atoms with van der Waals surface area (Å²) in [5, 5.41) is 6.27. The number of carbonyl (C=O) groups is 1. The molecule has 2 aliphatic heterocycles. The van der Waals surface area contributed by atoms with Crippen LogP contribution in [0.2, 0.25) is 0 Å². The van der Waals surface area contributed by atoms with Gasteiger partial charge in [0.15, 0.2) is 0 Å². The molecule has 0 aromatic heterocycles. The predicted octanol–water partition coefficient (Wildman–Crippen LogP) is 1.84. The van der Waals surface area contributed by atoms with Gasteiger partial charge in [-0.25, -0.2) is 8.42 Å². The van der Waals surface area contributed by atoms with Gasteiger partial charge in [0.25, 0.3) is 5.91 Å². The van der Waals surface area contributed by atoms with Crippen LogP contribution < -0.4 is 10.6 Å². The zero-order valence-electron chi connectivity index (χ0n) is 15.6. The Morgan fingerprint density at radius 1 is 1.15 bits per heavy atom. The minimum Gasteiger partial charge on any atom is -0.348 e. The lowest BCUT2D eigenvalue weighted by Gasteiger charge is -2.34. The van der Waals surface area contributed by atoms with E-state index in [9.17, 15) is 13.2 Å². The average molecular weight is 380 g/mol. The number of rotatable bonds is 4. The van der Waals surface area contributed by atoms with E-state index in [-0.39, 0.29) is 16.8 Å². The molecule has 2 unspecified atom stereocenters. The Labute approximate surface area is 156 Å². The Bertz CT molecular complexity index is 717. The number of sulfonamides is 1. The van der Waals surface area contributed by atoms with E-state index in [1.807, 2.05) is 0 Å². The van der Waals surface area contributed by atoms with Crippen molar-refractivity contribution in [3.8, 4) is 0 Å². The fourth-order valence-corrected chi connectivity index (χ4v) is 5.65. The smallest absolute Gasteiger partial charge is 0.251 e. The Balaban J connectivity index is 1.69. The normalized spacial score (nSPS) is 27.8. The second-order valence-corrected chi connectivity index (χ2v) is 9.75. The van der Waals surface area contributed by atoms with Crippen molar-refractivity contribution in [2.24, 2.45) is 11.8 Å². The maximum atomic E-state index is 12.9. The zero-order chi connectivity index (χ0) is 18.7. The summed E-state index contributed by atoms with van der Waals surface area (Å²) in [5.41, 5.74) is 0.495. The standard InChI is InChI=1S/C19H29N3O3S/c1-14-10-15(2)13-22(12-14)26(24,25)18-7-5-16(6-8-18)19(23)21-17-4-3-9-20-11-17/h5-8,14-15,17,20H,3-4,9-13H2,1-2H3,(H,21,23)/t14?,15?,17-/m0/s1. The third kappa shape index (κ3) is 4.45. The molecule has 7 heteroatoms. The highest BCUT2D eigenvalue weighted by Crippen LogP contribution is 2.26. The number of nitrogens with one attached hydrogen (secondary N) is 2. The second kappa shape index (κ2) is 8.06. The summed E-state index contributed by atoms with van der Waals surface area (Å²) in [6.45, 7) is 7.07. The molecule has 0 bridgehead atoms. The molecule has 2 heterocycles. The molecular weight excluding hydrogens is 350 g/mol. The van der Waals surface area contributed by atoms with Gasteiger partial charge in [-0.2, -0.15) is 4.31 Å². The molecule has 0 radical (unpaired) electrons. The molecule has 2 saturated heterocycles. The van der Waals surface area contributed by atoms with Crippen LogP contribution in [0.4, 0.5) is 0 Å². The summed E-state index contributed by atoms with van der Waals surface area (Å²) in [7, 11) is -3.51. The largest absolute Gasteiger partial charge is 0.348 e. The number of hydrogen-bond acceptors (Lipinski definition) is 4. The SMILES string of the molecule is CC1CC(C)CN(S(=O)(=O)c2ccc(C(=O)N[C@H]3CCCNC3)cc2)C1. The predicted molar refractivity (Wildman–Crippen MR) is 102 cm³/mol. The van der Waals surface area contributed by atoms with E-state index in [1.165, 1.54) is 0 Å². The molecule has 0 spiro atoms. The molecule has 2 fully saturated rings. The van der Waals surface area contributed by atoms with Gasteiger partial charge >= 0.3 is 0 Å². The van der Waals surface area contributed by atoms with E-state index in [0.717, 1.165) is 32.4 Å². The highest BCUT2D eigenvalue weighted by molar-refractivity contribution is 7.89. The quantitative estimate of drug-likeness (QED) is 0.837. The number of piperidine rings is 2. The number of amides is 1. The van der Waals surface area contributed by atoms with E-state index >= 15 is 0 Å². The molecule has 3 atom stereocenters. The van der Waals surface area contributed by atoms with Crippen LogP contribution in [0.3, 0.4) is 0 Å². The van der Waals surface area contributed by atoms with E-state index in [0.29, 0.717) is 30.5 Å². The Morgan fingerprint density at radius 3 is 2.38 bits per heavy atom. The number of hydrogen-bond donors (Lipinski definition) is 2. The van der Waals surface area contributed by atoms with Crippen molar-refractivity contribution in [3.63, 3.8) is 0 Å². The molecule has 0 aliphatic carbocycles. The van der Waals surface area contributed by atoms with Gasteiger partial charge in [0.2, 0.25) is 10.0 Å². The summed E-state index contributed by atoms with van der Waals surface area (Å²) < 4.78 is 27.4. The van der Waals surface area contributed by atoms with Gasteiger partial charge in [-0.15, -0.1) is 0 Å². The molecule has 6 nitrogen and oxygen atoms in total. The lowest BCUT2D eigenvalue weighted by molar-refractivity contribution is 0.0930. The van der Waals surface area contributed by atoms with Crippen LogP contribution in [0, 0.1) is 11.8 Å². The first-order valence-electron chi connectivity index (χ1n) is 9.48. The fourth-order valence-electron chi connectivity index (χ4n) is 3.97. The lowest BCUT2D eigenvalue weighted by atomic mass is 9.94. The molecule has 1 aromatic rings. The molecule has 3 rings (SSSR count). The zero-order valence-corrected chi connectivity index (χ0v) is 16.4. The first-order chi connectivity index (χ1) is 12.4. The van der Waals surface area contributed by atoms with Crippen molar-refractivity contribution in [3.05, 3.63) is 29.8 Å². The van der Waals surface area contributed by atoms with E-state index in [2.05, 4.69) is 24.5 Å². The highest BCUT2D eigenvalue weighted by atomic mass is 32.2. The van der Waals surface area contributed by atoms with Gasteiger partial charge in [0, 0.05) is 31.2 Å².